The Hall–Kier alpha value is -2.72. The number of nitrogens with zero attached hydrogens (tertiary/aromatic N) is 4. The molecule has 8 nitrogen and oxygen atoms in total. The number of hydrogen-bond donors (Lipinski definition) is 0. The first-order valence-electron chi connectivity index (χ1n) is 9.33. The average molecular weight is 449 g/mol. The number of amides is 1. The predicted octanol–water partition coefficient (Wildman–Crippen LogP) is 3.35. The number of benzene rings is 1. The van der Waals surface area contributed by atoms with Crippen molar-refractivity contribution in [1.29, 1.82) is 0 Å². The van der Waals surface area contributed by atoms with Crippen LogP contribution in [0.25, 0.3) is 10.7 Å². The van der Waals surface area contributed by atoms with Gasteiger partial charge < -0.3 is 9.42 Å². The molecule has 0 spiro atoms. The van der Waals surface area contributed by atoms with Crippen LogP contribution in [0.2, 0.25) is 0 Å². The minimum Gasteiger partial charge on any atom is -0.337 e. The summed E-state index contributed by atoms with van der Waals surface area (Å²) in [6.07, 6.45) is 1.09. The van der Waals surface area contributed by atoms with Gasteiger partial charge in [-0.2, -0.15) is 4.98 Å². The van der Waals surface area contributed by atoms with Gasteiger partial charge in [0.05, 0.1) is 23.4 Å². The van der Waals surface area contributed by atoms with Crippen LogP contribution in [0.3, 0.4) is 0 Å². The molecule has 0 atom stereocenters. The van der Waals surface area contributed by atoms with Crippen molar-refractivity contribution in [3.8, 4) is 10.7 Å². The number of sulfonamides is 1. The molecular weight excluding hydrogens is 424 g/mol. The molecule has 3 aromatic rings. The summed E-state index contributed by atoms with van der Waals surface area (Å²) in [5.74, 6) is 0.682. The fourth-order valence-corrected chi connectivity index (χ4v) is 4.28. The molecule has 2 aromatic heterocycles. The Morgan fingerprint density at radius 2 is 1.90 bits per heavy atom. The van der Waals surface area contributed by atoms with E-state index in [-0.39, 0.29) is 24.9 Å². The molecule has 0 fully saturated rings. The first-order valence-corrected chi connectivity index (χ1v) is 12.1. The molecule has 0 unspecified atom stereocenters. The molecule has 0 bridgehead atoms. The number of carbonyl (C=O) groups is 1. The fraction of sp³-hybridized carbons (Fsp3) is 0.350. The minimum atomic E-state index is -3.64. The lowest BCUT2D eigenvalue weighted by Crippen LogP contribution is -2.41. The summed E-state index contributed by atoms with van der Waals surface area (Å²) in [5, 5.41) is 5.83. The molecular formula is C20H24N4O4S2. The Bertz CT molecular complexity index is 1090. The van der Waals surface area contributed by atoms with Gasteiger partial charge in [-0.15, -0.1) is 11.3 Å². The second-order valence-corrected chi connectivity index (χ2v) is 10.1. The van der Waals surface area contributed by atoms with Crippen LogP contribution in [0.4, 0.5) is 5.69 Å². The Morgan fingerprint density at radius 1 is 1.20 bits per heavy atom. The maximum absolute atomic E-state index is 12.7. The lowest BCUT2D eigenvalue weighted by atomic mass is 10.0. The van der Waals surface area contributed by atoms with Gasteiger partial charge in [-0.25, -0.2) is 8.42 Å². The van der Waals surface area contributed by atoms with Crippen LogP contribution in [0, 0.1) is 0 Å². The highest BCUT2D eigenvalue weighted by atomic mass is 32.2. The van der Waals surface area contributed by atoms with Crippen molar-refractivity contribution in [2.45, 2.75) is 26.3 Å². The fourth-order valence-electron chi connectivity index (χ4n) is 2.79. The van der Waals surface area contributed by atoms with Crippen molar-refractivity contribution in [2.75, 3.05) is 24.2 Å². The Labute approximate surface area is 180 Å². The molecule has 160 valence electrons. The zero-order valence-electron chi connectivity index (χ0n) is 17.3. The van der Waals surface area contributed by atoms with E-state index < -0.39 is 10.0 Å². The predicted molar refractivity (Wildman–Crippen MR) is 117 cm³/mol. The van der Waals surface area contributed by atoms with Gasteiger partial charge in [0.2, 0.25) is 27.6 Å². The smallest absolute Gasteiger partial charge is 0.246 e. The first-order chi connectivity index (χ1) is 14.1. The molecule has 0 saturated carbocycles. The highest BCUT2D eigenvalue weighted by Crippen LogP contribution is 2.23. The van der Waals surface area contributed by atoms with E-state index >= 15 is 0 Å². The summed E-state index contributed by atoms with van der Waals surface area (Å²) in [5.41, 5.74) is 1.54. The molecule has 0 aliphatic heterocycles. The highest BCUT2D eigenvalue weighted by Gasteiger charge is 2.24. The summed E-state index contributed by atoms with van der Waals surface area (Å²) in [4.78, 5) is 19.2. The van der Waals surface area contributed by atoms with Gasteiger partial charge in [0.15, 0.2) is 0 Å². The third-order valence-corrected chi connectivity index (χ3v) is 6.54. The minimum absolute atomic E-state index is 0.0844. The number of anilines is 1. The first kappa shape index (κ1) is 22.0. The molecule has 10 heteroatoms. The molecule has 0 radical (unpaired) electrons. The summed E-state index contributed by atoms with van der Waals surface area (Å²) >= 11 is 1.49. The number of rotatable bonds is 8. The molecule has 1 amide bonds. The molecule has 0 aliphatic rings. The van der Waals surface area contributed by atoms with Crippen LogP contribution in [0.5, 0.6) is 0 Å². The van der Waals surface area contributed by atoms with Crippen molar-refractivity contribution in [3.63, 3.8) is 0 Å². The number of carbonyl (C=O) groups excluding carboxylic acids is 1. The second kappa shape index (κ2) is 8.97. The Morgan fingerprint density at radius 3 is 2.47 bits per heavy atom. The van der Waals surface area contributed by atoms with E-state index in [4.69, 9.17) is 4.52 Å². The van der Waals surface area contributed by atoms with Gasteiger partial charge in [0.25, 0.3) is 0 Å². The SMILES string of the molecule is CC(C)c1ccc(N(CC(=O)N(C)Cc2nc(-c3cccs3)no2)S(C)(=O)=O)cc1. The van der Waals surface area contributed by atoms with Crippen molar-refractivity contribution in [3.05, 3.63) is 53.2 Å². The third kappa shape index (κ3) is 5.25. The Kier molecular flexibility index (Phi) is 6.57. The normalized spacial score (nSPS) is 11.6. The summed E-state index contributed by atoms with van der Waals surface area (Å²) in [6.45, 7) is 3.88. The topological polar surface area (TPSA) is 96.6 Å². The standard InChI is InChI=1S/C20H24N4O4S2/c1-14(2)15-7-9-16(10-8-15)24(30(4,26)27)13-19(25)23(3)12-18-21-20(22-28-18)17-6-5-11-29-17/h5-11,14H,12-13H2,1-4H3. The van der Waals surface area contributed by atoms with Crippen LogP contribution in [-0.4, -0.2) is 49.2 Å². The quantitative estimate of drug-likeness (QED) is 0.524. The van der Waals surface area contributed by atoms with Crippen molar-refractivity contribution in [2.24, 2.45) is 0 Å². The van der Waals surface area contributed by atoms with Gasteiger partial charge >= 0.3 is 0 Å². The van der Waals surface area contributed by atoms with Gasteiger partial charge in [-0.3, -0.25) is 9.10 Å². The zero-order chi connectivity index (χ0) is 21.9. The number of hydrogen-bond acceptors (Lipinski definition) is 7. The summed E-state index contributed by atoms with van der Waals surface area (Å²) in [7, 11) is -2.07. The van der Waals surface area contributed by atoms with Crippen LogP contribution < -0.4 is 4.31 Å². The van der Waals surface area contributed by atoms with E-state index in [1.54, 1.807) is 19.2 Å². The summed E-state index contributed by atoms with van der Waals surface area (Å²) < 4.78 is 31.0. The molecule has 1 aromatic carbocycles. The lowest BCUT2D eigenvalue weighted by Gasteiger charge is -2.25. The van der Waals surface area contributed by atoms with Gasteiger partial charge in [0.1, 0.15) is 6.54 Å². The third-order valence-electron chi connectivity index (χ3n) is 4.53. The van der Waals surface area contributed by atoms with E-state index in [2.05, 4.69) is 24.0 Å². The Balaban J connectivity index is 1.71. The van der Waals surface area contributed by atoms with E-state index in [0.717, 1.165) is 21.0 Å². The van der Waals surface area contributed by atoms with E-state index in [0.29, 0.717) is 17.4 Å². The molecule has 0 N–H and O–H groups in total. The number of thiophene rings is 1. The van der Waals surface area contributed by atoms with Crippen molar-refractivity contribution in [1.82, 2.24) is 15.0 Å². The molecule has 30 heavy (non-hydrogen) atoms. The van der Waals surface area contributed by atoms with E-state index in [9.17, 15) is 13.2 Å². The zero-order valence-corrected chi connectivity index (χ0v) is 18.9. The second-order valence-electron chi connectivity index (χ2n) is 7.25. The van der Waals surface area contributed by atoms with E-state index in [1.165, 1.54) is 16.2 Å². The maximum atomic E-state index is 12.7. The maximum Gasteiger partial charge on any atom is 0.246 e. The van der Waals surface area contributed by atoms with Crippen LogP contribution in [-0.2, 0) is 21.4 Å². The van der Waals surface area contributed by atoms with Crippen LogP contribution in [0.1, 0.15) is 31.2 Å². The lowest BCUT2D eigenvalue weighted by molar-refractivity contribution is -0.129. The van der Waals surface area contributed by atoms with Crippen molar-refractivity contribution < 1.29 is 17.7 Å². The highest BCUT2D eigenvalue weighted by molar-refractivity contribution is 7.92. The average Bonchev–Trinajstić information content (AvgIpc) is 3.36. The van der Waals surface area contributed by atoms with E-state index in [1.807, 2.05) is 29.6 Å². The summed E-state index contributed by atoms with van der Waals surface area (Å²) in [6, 6.07) is 10.9. The van der Waals surface area contributed by atoms with Gasteiger partial charge in [-0.1, -0.05) is 37.2 Å². The molecule has 0 aliphatic carbocycles. The molecule has 2 heterocycles. The monoisotopic (exact) mass is 448 g/mol. The molecule has 3 rings (SSSR count). The van der Waals surface area contributed by atoms with Crippen molar-refractivity contribution >= 4 is 33.0 Å². The number of likely N-dealkylation sites (N-methyl/N-ethyl adjacent to an activating group) is 1. The largest absolute Gasteiger partial charge is 0.337 e. The van der Waals surface area contributed by atoms with Gasteiger partial charge in [-0.05, 0) is 35.1 Å². The van der Waals surface area contributed by atoms with Crippen LogP contribution in [0.15, 0.2) is 46.3 Å². The van der Waals surface area contributed by atoms with Gasteiger partial charge in [0, 0.05) is 7.05 Å². The van der Waals surface area contributed by atoms with Crippen LogP contribution >= 0.6 is 11.3 Å². The molecule has 0 saturated heterocycles. The number of aromatic nitrogens is 2.